The molecule has 2 heterocycles. The molecule has 0 atom stereocenters. The Balaban J connectivity index is 1.55. The van der Waals surface area contributed by atoms with Crippen LogP contribution in [0.3, 0.4) is 0 Å². The smallest absolute Gasteiger partial charge is 0.321 e. The van der Waals surface area contributed by atoms with E-state index in [9.17, 15) is 4.79 Å². The summed E-state index contributed by atoms with van der Waals surface area (Å²) in [6, 6.07) is 7.83. The molecule has 0 radical (unpaired) electrons. The van der Waals surface area contributed by atoms with Crippen LogP contribution >= 0.6 is 33.9 Å². The topological polar surface area (TPSA) is 48.5 Å². The van der Waals surface area contributed by atoms with Gasteiger partial charge in [-0.15, -0.1) is 11.3 Å². The van der Waals surface area contributed by atoms with Crippen LogP contribution in [0.2, 0.25) is 0 Å². The number of urea groups is 1. The summed E-state index contributed by atoms with van der Waals surface area (Å²) < 4.78 is 1.05. The van der Waals surface area contributed by atoms with Crippen molar-refractivity contribution in [3.63, 3.8) is 0 Å². The van der Waals surface area contributed by atoms with Gasteiger partial charge in [-0.25, -0.2) is 9.78 Å². The van der Waals surface area contributed by atoms with Gasteiger partial charge in [-0.05, 0) is 41.1 Å². The van der Waals surface area contributed by atoms with E-state index in [0.717, 1.165) is 53.4 Å². The molecule has 1 aliphatic heterocycles. The lowest BCUT2D eigenvalue weighted by molar-refractivity contribution is 0.211. The lowest BCUT2D eigenvalue weighted by Gasteiger charge is -2.22. The number of nitrogens with one attached hydrogen (secondary N) is 1. The molecule has 7 heteroatoms. The molecule has 5 nitrogen and oxygen atoms in total. The largest absolute Gasteiger partial charge is 0.323 e. The number of amides is 2. The normalized spacial score (nSPS) is 16.1. The van der Waals surface area contributed by atoms with Crippen LogP contribution in [0.15, 0.2) is 35.8 Å². The van der Waals surface area contributed by atoms with Crippen LogP contribution in [-0.4, -0.2) is 47.0 Å². The third-order valence-electron chi connectivity index (χ3n) is 3.83. The van der Waals surface area contributed by atoms with Gasteiger partial charge >= 0.3 is 6.03 Å². The maximum atomic E-state index is 12.5. The van der Waals surface area contributed by atoms with E-state index in [1.165, 1.54) is 0 Å². The summed E-state index contributed by atoms with van der Waals surface area (Å²) in [6.45, 7) is 4.32. The Morgan fingerprint density at radius 1 is 1.26 bits per heavy atom. The second kappa shape index (κ2) is 8.07. The molecule has 1 aromatic heterocycles. The van der Waals surface area contributed by atoms with Gasteiger partial charge in [-0.3, -0.25) is 4.90 Å². The molecule has 2 amide bonds. The highest BCUT2D eigenvalue weighted by atomic mass is 127. The number of nitrogens with zero attached hydrogens (tertiary/aromatic N) is 3. The minimum atomic E-state index is -0.00906. The van der Waals surface area contributed by atoms with Crippen molar-refractivity contribution in [3.05, 3.63) is 44.4 Å². The number of carbonyl (C=O) groups is 1. The Kier molecular flexibility index (Phi) is 5.85. The summed E-state index contributed by atoms with van der Waals surface area (Å²) in [4.78, 5) is 21.1. The summed E-state index contributed by atoms with van der Waals surface area (Å²) >= 11 is 3.93. The van der Waals surface area contributed by atoms with Crippen LogP contribution in [0.1, 0.15) is 11.4 Å². The van der Waals surface area contributed by atoms with Crippen molar-refractivity contribution < 1.29 is 4.79 Å². The number of carbonyl (C=O) groups excluding carboxylic acids is 1. The second-order valence-corrected chi connectivity index (χ2v) is 7.59. The van der Waals surface area contributed by atoms with Crippen LogP contribution in [0.4, 0.5) is 10.5 Å². The third kappa shape index (κ3) is 4.65. The number of hydrogen-bond donors (Lipinski definition) is 1. The highest BCUT2D eigenvalue weighted by Crippen LogP contribution is 2.18. The van der Waals surface area contributed by atoms with Gasteiger partial charge in [0.15, 0.2) is 0 Å². The first kappa shape index (κ1) is 16.7. The highest BCUT2D eigenvalue weighted by molar-refractivity contribution is 14.1. The molecule has 1 N–H and O–H groups in total. The number of benzene rings is 1. The van der Waals surface area contributed by atoms with Crippen LogP contribution in [0.5, 0.6) is 0 Å². The number of halogens is 1. The summed E-state index contributed by atoms with van der Waals surface area (Å²) in [5, 5.41) is 6.17. The van der Waals surface area contributed by atoms with Gasteiger partial charge in [0.2, 0.25) is 0 Å². The monoisotopic (exact) mass is 442 g/mol. The van der Waals surface area contributed by atoms with Gasteiger partial charge in [0, 0.05) is 41.3 Å². The zero-order valence-corrected chi connectivity index (χ0v) is 15.7. The highest BCUT2D eigenvalue weighted by Gasteiger charge is 2.20. The van der Waals surface area contributed by atoms with Crippen molar-refractivity contribution in [1.82, 2.24) is 14.8 Å². The molecule has 0 unspecified atom stereocenters. The van der Waals surface area contributed by atoms with Crippen LogP contribution < -0.4 is 5.32 Å². The van der Waals surface area contributed by atoms with E-state index in [4.69, 9.17) is 0 Å². The molecule has 1 aromatic carbocycles. The molecule has 0 spiro atoms. The van der Waals surface area contributed by atoms with E-state index in [-0.39, 0.29) is 6.03 Å². The number of anilines is 1. The van der Waals surface area contributed by atoms with Gasteiger partial charge in [-0.1, -0.05) is 12.1 Å². The van der Waals surface area contributed by atoms with E-state index in [2.05, 4.69) is 37.8 Å². The first-order valence-electron chi connectivity index (χ1n) is 7.63. The molecule has 1 saturated heterocycles. The van der Waals surface area contributed by atoms with Crippen molar-refractivity contribution in [2.45, 2.75) is 13.0 Å². The van der Waals surface area contributed by atoms with Crippen molar-refractivity contribution in [2.24, 2.45) is 0 Å². The van der Waals surface area contributed by atoms with E-state index in [0.29, 0.717) is 0 Å². The lowest BCUT2D eigenvalue weighted by Crippen LogP contribution is -2.38. The number of para-hydroxylation sites is 1. The molecule has 3 rings (SSSR count). The second-order valence-electron chi connectivity index (χ2n) is 5.45. The summed E-state index contributed by atoms with van der Waals surface area (Å²) in [6.07, 6.45) is 2.84. The maximum Gasteiger partial charge on any atom is 0.321 e. The molecular formula is C16H19IN4OS. The van der Waals surface area contributed by atoms with Gasteiger partial charge in [0.25, 0.3) is 0 Å². The van der Waals surface area contributed by atoms with Crippen molar-refractivity contribution in [2.75, 3.05) is 31.5 Å². The molecule has 0 bridgehead atoms. The number of rotatable bonds is 3. The van der Waals surface area contributed by atoms with E-state index in [1.54, 1.807) is 11.3 Å². The molecule has 1 aliphatic rings. The fourth-order valence-corrected chi connectivity index (χ4v) is 3.79. The van der Waals surface area contributed by atoms with Gasteiger partial charge < -0.3 is 10.2 Å². The Morgan fingerprint density at radius 3 is 2.91 bits per heavy atom. The molecule has 0 saturated carbocycles. The van der Waals surface area contributed by atoms with Crippen molar-refractivity contribution in [1.29, 1.82) is 0 Å². The molecule has 2 aromatic rings. The predicted molar refractivity (Wildman–Crippen MR) is 102 cm³/mol. The Hall–Kier alpha value is -1.19. The van der Waals surface area contributed by atoms with Crippen LogP contribution in [-0.2, 0) is 6.54 Å². The Labute approximate surface area is 153 Å². The van der Waals surface area contributed by atoms with Crippen LogP contribution in [0.25, 0.3) is 0 Å². The zero-order valence-electron chi connectivity index (χ0n) is 12.7. The minimum Gasteiger partial charge on any atom is -0.323 e. The average molecular weight is 442 g/mol. The van der Waals surface area contributed by atoms with Crippen LogP contribution in [0, 0.1) is 3.57 Å². The molecule has 0 aliphatic carbocycles. The summed E-state index contributed by atoms with van der Waals surface area (Å²) in [5.41, 5.74) is 0.877. The minimum absolute atomic E-state index is 0.00906. The van der Waals surface area contributed by atoms with Crippen molar-refractivity contribution >= 4 is 45.6 Å². The first-order valence-corrected chi connectivity index (χ1v) is 9.59. The zero-order chi connectivity index (χ0) is 16.1. The van der Waals surface area contributed by atoms with E-state index < -0.39 is 0 Å². The number of aromatic nitrogens is 1. The van der Waals surface area contributed by atoms with E-state index >= 15 is 0 Å². The molecule has 1 fully saturated rings. The maximum absolute atomic E-state index is 12.5. The summed E-state index contributed by atoms with van der Waals surface area (Å²) in [7, 11) is 0. The molecular weight excluding hydrogens is 423 g/mol. The average Bonchev–Trinajstić information content (AvgIpc) is 2.94. The third-order valence-corrected chi connectivity index (χ3v) is 5.54. The molecule has 23 heavy (non-hydrogen) atoms. The van der Waals surface area contributed by atoms with Gasteiger partial charge in [0.05, 0.1) is 12.2 Å². The molecule has 122 valence electrons. The van der Waals surface area contributed by atoms with Gasteiger partial charge in [-0.2, -0.15) is 0 Å². The number of thiazole rings is 1. The predicted octanol–water partition coefficient (Wildman–Crippen LogP) is 3.49. The SMILES string of the molecule is O=C(Nc1ccccc1I)N1CCCN(Cc2nccs2)CC1. The van der Waals surface area contributed by atoms with Crippen molar-refractivity contribution in [3.8, 4) is 0 Å². The fraction of sp³-hybridized carbons (Fsp3) is 0.375. The van der Waals surface area contributed by atoms with E-state index in [1.807, 2.05) is 40.7 Å². The fourth-order valence-electron chi connectivity index (χ4n) is 2.61. The standard InChI is InChI=1S/C16H19IN4OS/c17-13-4-1-2-5-14(13)19-16(22)21-8-3-7-20(9-10-21)12-15-18-6-11-23-15/h1-2,4-6,11H,3,7-10,12H2,(H,19,22). The number of hydrogen-bond acceptors (Lipinski definition) is 4. The first-order chi connectivity index (χ1) is 11.2. The van der Waals surface area contributed by atoms with Gasteiger partial charge in [0.1, 0.15) is 5.01 Å². The Morgan fingerprint density at radius 2 is 2.13 bits per heavy atom. The Bertz CT molecular complexity index is 649. The summed E-state index contributed by atoms with van der Waals surface area (Å²) in [5.74, 6) is 0. The lowest BCUT2D eigenvalue weighted by atomic mass is 10.3. The quantitative estimate of drug-likeness (QED) is 0.741.